The lowest BCUT2D eigenvalue weighted by Crippen LogP contribution is -2.42. The first-order valence-corrected chi connectivity index (χ1v) is 10.0. The van der Waals surface area contributed by atoms with Gasteiger partial charge in [-0.05, 0) is 30.5 Å². The van der Waals surface area contributed by atoms with Gasteiger partial charge in [-0.25, -0.2) is 0 Å². The molecule has 3 rings (SSSR count). The summed E-state index contributed by atoms with van der Waals surface area (Å²) in [7, 11) is 0. The van der Waals surface area contributed by atoms with E-state index in [0.29, 0.717) is 44.8 Å². The van der Waals surface area contributed by atoms with E-state index in [1.165, 1.54) is 0 Å². The van der Waals surface area contributed by atoms with E-state index in [1.807, 2.05) is 66.4 Å². The summed E-state index contributed by atoms with van der Waals surface area (Å²) in [4.78, 5) is 26.3. The van der Waals surface area contributed by atoms with E-state index in [4.69, 9.17) is 9.47 Å². The lowest BCUT2D eigenvalue weighted by Gasteiger charge is -2.33. The minimum Gasteiger partial charge on any atom is -0.484 e. The Balaban J connectivity index is 1.34. The van der Waals surface area contributed by atoms with Crippen LogP contribution in [0, 0.1) is 6.92 Å². The number of nitrogens with zero attached hydrogens (tertiary/aromatic N) is 1. The van der Waals surface area contributed by atoms with E-state index in [0.717, 1.165) is 11.1 Å². The number of ether oxygens (including phenoxy) is 2. The Kier molecular flexibility index (Phi) is 7.64. The molecule has 1 heterocycles. The van der Waals surface area contributed by atoms with E-state index >= 15 is 0 Å². The molecular formula is C23H28N2O4. The topological polar surface area (TPSA) is 67.9 Å². The van der Waals surface area contributed by atoms with Gasteiger partial charge in [0.05, 0.1) is 13.2 Å². The maximum absolute atomic E-state index is 12.5. The summed E-state index contributed by atoms with van der Waals surface area (Å²) in [6.45, 7) is 4.08. The lowest BCUT2D eigenvalue weighted by molar-refractivity contribution is -0.139. The number of amides is 2. The van der Waals surface area contributed by atoms with Crippen molar-refractivity contribution in [2.45, 2.75) is 25.9 Å². The molecule has 2 aromatic carbocycles. The van der Waals surface area contributed by atoms with Crippen molar-refractivity contribution in [2.24, 2.45) is 0 Å². The molecule has 0 spiro atoms. The molecule has 29 heavy (non-hydrogen) atoms. The van der Waals surface area contributed by atoms with Crippen molar-refractivity contribution in [1.82, 2.24) is 10.2 Å². The third-order valence-corrected chi connectivity index (χ3v) is 4.93. The molecule has 2 amide bonds. The SMILES string of the molecule is Cc1ccccc1OCC(=O)NCCCC(=O)N1CCOC(c2ccccc2)C1. The van der Waals surface area contributed by atoms with Crippen molar-refractivity contribution in [1.29, 1.82) is 0 Å². The Labute approximate surface area is 171 Å². The van der Waals surface area contributed by atoms with Gasteiger partial charge >= 0.3 is 0 Å². The van der Waals surface area contributed by atoms with Crippen LogP contribution in [0.2, 0.25) is 0 Å². The molecule has 0 aliphatic carbocycles. The number of rotatable bonds is 8. The second-order valence-electron chi connectivity index (χ2n) is 7.12. The van der Waals surface area contributed by atoms with Crippen molar-refractivity contribution in [3.8, 4) is 5.75 Å². The number of aryl methyl sites for hydroxylation is 1. The summed E-state index contributed by atoms with van der Waals surface area (Å²) < 4.78 is 11.3. The van der Waals surface area contributed by atoms with Crippen LogP contribution in [0.3, 0.4) is 0 Å². The van der Waals surface area contributed by atoms with Crippen molar-refractivity contribution in [3.05, 3.63) is 65.7 Å². The third-order valence-electron chi connectivity index (χ3n) is 4.93. The molecule has 1 N–H and O–H groups in total. The Hall–Kier alpha value is -2.86. The first-order valence-electron chi connectivity index (χ1n) is 10.0. The van der Waals surface area contributed by atoms with Crippen LogP contribution in [0.5, 0.6) is 5.75 Å². The molecule has 0 bridgehead atoms. The van der Waals surface area contributed by atoms with Crippen molar-refractivity contribution in [3.63, 3.8) is 0 Å². The highest BCUT2D eigenvalue weighted by Gasteiger charge is 2.24. The smallest absolute Gasteiger partial charge is 0.257 e. The van der Waals surface area contributed by atoms with Crippen molar-refractivity contribution >= 4 is 11.8 Å². The van der Waals surface area contributed by atoms with E-state index in [9.17, 15) is 9.59 Å². The van der Waals surface area contributed by atoms with Gasteiger partial charge in [-0.3, -0.25) is 9.59 Å². The largest absolute Gasteiger partial charge is 0.484 e. The van der Waals surface area contributed by atoms with Gasteiger partial charge in [0.1, 0.15) is 11.9 Å². The van der Waals surface area contributed by atoms with Crippen LogP contribution in [0.1, 0.15) is 30.1 Å². The molecule has 1 aliphatic rings. The van der Waals surface area contributed by atoms with Crippen LogP contribution in [-0.4, -0.2) is 49.6 Å². The highest BCUT2D eigenvalue weighted by molar-refractivity contribution is 5.78. The molecular weight excluding hydrogens is 368 g/mol. The zero-order valence-corrected chi connectivity index (χ0v) is 16.8. The van der Waals surface area contributed by atoms with Crippen LogP contribution in [-0.2, 0) is 14.3 Å². The normalized spacial score (nSPS) is 16.3. The number of para-hydroxylation sites is 1. The Morgan fingerprint density at radius 3 is 2.69 bits per heavy atom. The number of benzene rings is 2. The van der Waals surface area contributed by atoms with E-state index in [-0.39, 0.29) is 24.5 Å². The summed E-state index contributed by atoms with van der Waals surface area (Å²) in [5.41, 5.74) is 2.08. The molecule has 2 aromatic rings. The van der Waals surface area contributed by atoms with Crippen molar-refractivity contribution in [2.75, 3.05) is 32.8 Å². The maximum atomic E-state index is 12.5. The predicted molar refractivity (Wildman–Crippen MR) is 111 cm³/mol. The monoisotopic (exact) mass is 396 g/mol. The molecule has 6 nitrogen and oxygen atoms in total. The minimum atomic E-state index is -0.184. The molecule has 154 valence electrons. The fraction of sp³-hybridized carbons (Fsp3) is 0.391. The first-order chi connectivity index (χ1) is 14.1. The first kappa shape index (κ1) is 20.9. The van der Waals surface area contributed by atoms with E-state index in [2.05, 4.69) is 5.32 Å². The average molecular weight is 396 g/mol. The van der Waals surface area contributed by atoms with Gasteiger partial charge in [0.2, 0.25) is 5.91 Å². The van der Waals surface area contributed by atoms with Gasteiger partial charge in [-0.15, -0.1) is 0 Å². The summed E-state index contributed by atoms with van der Waals surface area (Å²) in [5.74, 6) is 0.619. The van der Waals surface area contributed by atoms with Gasteiger partial charge in [0.25, 0.3) is 5.91 Å². The molecule has 0 radical (unpaired) electrons. The predicted octanol–water partition coefficient (Wildman–Crippen LogP) is 2.87. The molecule has 6 heteroatoms. The molecule has 1 saturated heterocycles. The zero-order valence-electron chi connectivity index (χ0n) is 16.8. The molecule has 0 aromatic heterocycles. The fourth-order valence-corrected chi connectivity index (χ4v) is 3.28. The Morgan fingerprint density at radius 1 is 1.14 bits per heavy atom. The minimum absolute atomic E-state index is 0.0268. The molecule has 1 unspecified atom stereocenters. The quantitative estimate of drug-likeness (QED) is 0.697. The molecule has 1 fully saturated rings. The molecule has 0 saturated carbocycles. The number of morpholine rings is 1. The number of carbonyl (C=O) groups is 2. The number of hydrogen-bond acceptors (Lipinski definition) is 4. The zero-order chi connectivity index (χ0) is 20.5. The van der Waals surface area contributed by atoms with Gasteiger partial charge in [-0.1, -0.05) is 48.5 Å². The van der Waals surface area contributed by atoms with Crippen LogP contribution in [0.25, 0.3) is 0 Å². The fourth-order valence-electron chi connectivity index (χ4n) is 3.28. The van der Waals surface area contributed by atoms with E-state index in [1.54, 1.807) is 0 Å². The van der Waals surface area contributed by atoms with Crippen molar-refractivity contribution < 1.29 is 19.1 Å². The highest BCUT2D eigenvalue weighted by atomic mass is 16.5. The third kappa shape index (κ3) is 6.32. The van der Waals surface area contributed by atoms with E-state index < -0.39 is 0 Å². The van der Waals surface area contributed by atoms with Crippen LogP contribution in [0.4, 0.5) is 0 Å². The number of hydrogen-bond donors (Lipinski definition) is 1. The molecule has 1 atom stereocenters. The summed E-state index contributed by atoms with van der Waals surface area (Å²) in [5, 5.41) is 2.81. The lowest BCUT2D eigenvalue weighted by atomic mass is 10.1. The highest BCUT2D eigenvalue weighted by Crippen LogP contribution is 2.22. The standard InChI is InChI=1S/C23H28N2O4/c1-18-8-5-6-11-20(18)29-17-22(26)24-13-7-12-23(27)25-14-15-28-21(16-25)19-9-3-2-4-10-19/h2-6,8-11,21H,7,12-17H2,1H3,(H,24,26). The van der Waals surface area contributed by atoms with Gasteiger partial charge in [-0.2, -0.15) is 0 Å². The second-order valence-corrected chi connectivity index (χ2v) is 7.12. The summed E-state index contributed by atoms with van der Waals surface area (Å²) >= 11 is 0. The number of nitrogens with one attached hydrogen (secondary N) is 1. The summed E-state index contributed by atoms with van der Waals surface area (Å²) in [6, 6.07) is 17.5. The van der Waals surface area contributed by atoms with Gasteiger partial charge in [0, 0.05) is 19.5 Å². The molecule has 1 aliphatic heterocycles. The number of carbonyl (C=O) groups excluding carboxylic acids is 2. The van der Waals surface area contributed by atoms with Gasteiger partial charge in [0.15, 0.2) is 6.61 Å². The van der Waals surface area contributed by atoms with Crippen LogP contribution in [0.15, 0.2) is 54.6 Å². The average Bonchev–Trinajstić information content (AvgIpc) is 2.76. The Bertz CT molecular complexity index is 810. The maximum Gasteiger partial charge on any atom is 0.257 e. The Morgan fingerprint density at radius 2 is 1.90 bits per heavy atom. The van der Waals surface area contributed by atoms with Crippen LogP contribution < -0.4 is 10.1 Å². The summed E-state index contributed by atoms with van der Waals surface area (Å²) in [6.07, 6.45) is 0.926. The van der Waals surface area contributed by atoms with Crippen LogP contribution >= 0.6 is 0 Å². The van der Waals surface area contributed by atoms with Gasteiger partial charge < -0.3 is 19.7 Å². The second kappa shape index (κ2) is 10.6.